The second-order valence-corrected chi connectivity index (χ2v) is 2.09. The van der Waals surface area contributed by atoms with Crippen molar-refractivity contribution in [2.45, 2.75) is 0 Å². The van der Waals surface area contributed by atoms with Gasteiger partial charge in [-0.15, -0.1) is 0 Å². The van der Waals surface area contributed by atoms with Gasteiger partial charge in [-0.05, 0) is 24.4 Å². The number of nitrogens with two attached hydrogens (primary N) is 1. The fourth-order valence-corrected chi connectivity index (χ4v) is 0.744. The zero-order valence-corrected chi connectivity index (χ0v) is 6.36. The molecule has 2 N–H and O–H groups in total. The van der Waals surface area contributed by atoms with E-state index in [0.717, 1.165) is 0 Å². The van der Waals surface area contributed by atoms with Gasteiger partial charge in [0, 0.05) is 6.07 Å². The molecule has 0 atom stereocenters. The molecule has 0 saturated carbocycles. The summed E-state index contributed by atoms with van der Waals surface area (Å²) in [6, 6.07) is 4.20. The van der Waals surface area contributed by atoms with Gasteiger partial charge < -0.3 is 5.73 Å². The maximum absolute atomic E-state index is 12.7. The van der Waals surface area contributed by atoms with E-state index < -0.39 is 5.82 Å². The molecular weight excluding hydrogens is 163 g/mol. The largest absolute Gasteiger partial charge is 0.396 e. The van der Waals surface area contributed by atoms with Gasteiger partial charge in [0.05, 0.1) is 16.5 Å². The van der Waals surface area contributed by atoms with E-state index in [1.165, 1.54) is 12.1 Å². The molecule has 0 aromatic heterocycles. The first-order valence-corrected chi connectivity index (χ1v) is 3.28. The quantitative estimate of drug-likeness (QED) is 0.396. The van der Waals surface area contributed by atoms with E-state index >= 15 is 0 Å². The number of hydrogen-bond acceptors (Lipinski definition) is 3. The summed E-state index contributed by atoms with van der Waals surface area (Å²) in [6.07, 6.45) is 0. The zero-order chi connectivity index (χ0) is 8.27. The maximum Gasteiger partial charge on any atom is 0.148 e. The summed E-state index contributed by atoms with van der Waals surface area (Å²) in [7, 11) is 0. The maximum atomic E-state index is 12.7. The number of nitrogen functional groups attached to an aromatic ring is 1. The predicted molar refractivity (Wildman–Crippen MR) is 45.5 cm³/mol. The third-order valence-corrected chi connectivity index (χ3v) is 1.25. The number of nitrogens with zero attached hydrogens (tertiary/aromatic N) is 1. The molecule has 0 amide bonds. The average Bonchev–Trinajstić information content (AvgIpc) is 1.98. The molecule has 0 aliphatic heterocycles. The van der Waals surface area contributed by atoms with Crippen molar-refractivity contribution in [3.63, 3.8) is 0 Å². The molecule has 0 spiro atoms. The number of thiocarbonyl (C=S) groups is 1. The Morgan fingerprint density at radius 1 is 1.55 bits per heavy atom. The van der Waals surface area contributed by atoms with Gasteiger partial charge in [-0.2, -0.15) is 4.99 Å². The van der Waals surface area contributed by atoms with E-state index in [1.807, 2.05) is 0 Å². The Balaban J connectivity index is 3.14. The molecule has 0 radical (unpaired) electrons. The lowest BCUT2D eigenvalue weighted by Gasteiger charge is -1.94. The van der Waals surface area contributed by atoms with Gasteiger partial charge in [-0.25, -0.2) is 4.39 Å². The predicted octanol–water partition coefficient (Wildman–Crippen LogP) is 2.14. The van der Waals surface area contributed by atoms with Crippen LogP contribution >= 0.6 is 12.2 Å². The molecule has 1 rings (SSSR count). The van der Waals surface area contributed by atoms with Crippen LogP contribution < -0.4 is 5.73 Å². The second-order valence-electron chi connectivity index (χ2n) is 1.91. The zero-order valence-electron chi connectivity index (χ0n) is 5.54. The fraction of sp³-hybridized carbons (Fsp3) is 0. The standard InChI is InChI=1S/C7H5FN2S/c8-6-3-5(10-4-11)1-2-7(6)9/h1-3H,9H2. The molecule has 0 fully saturated rings. The van der Waals surface area contributed by atoms with E-state index in [-0.39, 0.29) is 5.69 Å². The van der Waals surface area contributed by atoms with Crippen molar-refractivity contribution in [1.82, 2.24) is 0 Å². The highest BCUT2D eigenvalue weighted by molar-refractivity contribution is 7.78. The van der Waals surface area contributed by atoms with E-state index in [2.05, 4.69) is 22.4 Å². The van der Waals surface area contributed by atoms with Crippen LogP contribution in [0, 0.1) is 5.82 Å². The van der Waals surface area contributed by atoms with Crippen molar-refractivity contribution in [3.05, 3.63) is 24.0 Å². The van der Waals surface area contributed by atoms with E-state index in [9.17, 15) is 4.39 Å². The molecule has 56 valence electrons. The minimum atomic E-state index is -0.489. The van der Waals surface area contributed by atoms with Gasteiger partial charge in [0.2, 0.25) is 0 Å². The number of aliphatic imine (C=N–C) groups is 1. The molecule has 0 unspecified atom stereocenters. The van der Waals surface area contributed by atoms with Crippen LogP contribution in [0.5, 0.6) is 0 Å². The number of benzene rings is 1. The molecule has 1 aromatic carbocycles. The number of hydrogen-bond donors (Lipinski definition) is 1. The van der Waals surface area contributed by atoms with E-state index in [0.29, 0.717) is 5.69 Å². The van der Waals surface area contributed by atoms with Crippen LogP contribution in [0.15, 0.2) is 23.2 Å². The van der Waals surface area contributed by atoms with Crippen molar-refractivity contribution in [3.8, 4) is 0 Å². The summed E-state index contributed by atoms with van der Waals surface area (Å²) < 4.78 is 12.7. The molecule has 0 heterocycles. The van der Waals surface area contributed by atoms with Crippen LogP contribution in [0.4, 0.5) is 15.8 Å². The van der Waals surface area contributed by atoms with Gasteiger partial charge in [-0.3, -0.25) is 0 Å². The summed E-state index contributed by atoms with van der Waals surface area (Å²) in [5.41, 5.74) is 5.75. The Bertz CT molecular complexity index is 318. The molecule has 2 nitrogen and oxygen atoms in total. The fourth-order valence-electron chi connectivity index (χ4n) is 0.638. The van der Waals surface area contributed by atoms with Crippen LogP contribution in [-0.4, -0.2) is 5.16 Å². The number of anilines is 1. The first-order chi connectivity index (χ1) is 5.24. The first-order valence-electron chi connectivity index (χ1n) is 2.87. The minimum absolute atomic E-state index is 0.105. The Kier molecular flexibility index (Phi) is 2.31. The van der Waals surface area contributed by atoms with Crippen molar-refractivity contribution in [2.75, 3.05) is 5.73 Å². The first kappa shape index (κ1) is 7.85. The topological polar surface area (TPSA) is 38.4 Å². The van der Waals surface area contributed by atoms with Crippen LogP contribution in [-0.2, 0) is 0 Å². The molecule has 11 heavy (non-hydrogen) atoms. The monoisotopic (exact) mass is 168 g/mol. The lowest BCUT2D eigenvalue weighted by atomic mass is 10.3. The Labute approximate surface area is 68.6 Å². The summed E-state index contributed by atoms with van der Waals surface area (Å²) in [5.74, 6) is -0.489. The number of isothiocyanates is 1. The van der Waals surface area contributed by atoms with Crippen LogP contribution in [0.3, 0.4) is 0 Å². The molecule has 0 saturated heterocycles. The van der Waals surface area contributed by atoms with Crippen molar-refractivity contribution in [1.29, 1.82) is 0 Å². The lowest BCUT2D eigenvalue weighted by Crippen LogP contribution is -1.87. The molecular formula is C7H5FN2S. The molecule has 0 aliphatic carbocycles. The number of rotatable bonds is 1. The molecule has 0 bridgehead atoms. The normalized spacial score (nSPS) is 8.82. The SMILES string of the molecule is Nc1ccc(N=C=S)cc1F. The third kappa shape index (κ3) is 1.83. The summed E-state index contributed by atoms with van der Waals surface area (Å²) >= 11 is 4.34. The average molecular weight is 168 g/mol. The van der Waals surface area contributed by atoms with Crippen LogP contribution in [0.2, 0.25) is 0 Å². The lowest BCUT2D eigenvalue weighted by molar-refractivity contribution is 0.633. The van der Waals surface area contributed by atoms with Crippen LogP contribution in [0.1, 0.15) is 0 Å². The third-order valence-electron chi connectivity index (χ3n) is 1.16. The smallest absolute Gasteiger partial charge is 0.148 e. The van der Waals surface area contributed by atoms with Gasteiger partial charge >= 0.3 is 0 Å². The van der Waals surface area contributed by atoms with Gasteiger partial charge in [0.1, 0.15) is 5.82 Å². The highest BCUT2D eigenvalue weighted by Gasteiger charge is 1.96. The van der Waals surface area contributed by atoms with Crippen molar-refractivity contribution in [2.24, 2.45) is 4.99 Å². The highest BCUT2D eigenvalue weighted by Crippen LogP contribution is 2.17. The Hall–Kier alpha value is -1.25. The van der Waals surface area contributed by atoms with Crippen LogP contribution in [0.25, 0.3) is 0 Å². The van der Waals surface area contributed by atoms with Gasteiger partial charge in [0.15, 0.2) is 0 Å². The molecule has 1 aromatic rings. The second kappa shape index (κ2) is 3.23. The van der Waals surface area contributed by atoms with Crippen molar-refractivity contribution >= 4 is 28.8 Å². The summed E-state index contributed by atoms with van der Waals surface area (Å²) in [4.78, 5) is 3.58. The highest BCUT2D eigenvalue weighted by atomic mass is 32.1. The summed E-state index contributed by atoms with van der Waals surface area (Å²) in [6.45, 7) is 0. The minimum Gasteiger partial charge on any atom is -0.396 e. The van der Waals surface area contributed by atoms with E-state index in [1.54, 1.807) is 6.07 Å². The molecule has 4 heteroatoms. The van der Waals surface area contributed by atoms with Gasteiger partial charge in [0.25, 0.3) is 0 Å². The van der Waals surface area contributed by atoms with Gasteiger partial charge in [-0.1, -0.05) is 0 Å². The Morgan fingerprint density at radius 2 is 2.27 bits per heavy atom. The van der Waals surface area contributed by atoms with Crippen molar-refractivity contribution < 1.29 is 4.39 Å². The number of halogens is 1. The Morgan fingerprint density at radius 3 is 2.82 bits per heavy atom. The molecule has 0 aliphatic rings. The summed E-state index contributed by atoms with van der Waals surface area (Å²) in [5, 5.41) is 2.13. The van der Waals surface area contributed by atoms with E-state index in [4.69, 9.17) is 5.73 Å².